The van der Waals surface area contributed by atoms with E-state index in [1.807, 2.05) is 89.5 Å². The molecule has 0 saturated carbocycles. The van der Waals surface area contributed by atoms with Gasteiger partial charge in [0, 0.05) is 38.2 Å². The van der Waals surface area contributed by atoms with Crippen molar-refractivity contribution >= 4 is 65.2 Å². The fourth-order valence-corrected chi connectivity index (χ4v) is 7.44. The van der Waals surface area contributed by atoms with Crippen LogP contribution >= 0.6 is 0 Å². The average molecular weight is 615 g/mol. The highest BCUT2D eigenvalue weighted by Gasteiger charge is 2.24. The number of hydrogen-bond acceptors (Lipinski definition) is 3. The average Bonchev–Trinajstić information content (AvgIpc) is 3.50. The first-order valence-electron chi connectivity index (χ1n) is 16.1. The zero-order chi connectivity index (χ0) is 31.8. The molecule has 10 rings (SSSR count). The zero-order valence-corrected chi connectivity index (χ0v) is 25.7. The molecule has 0 amide bonds. The second-order valence-electron chi connectivity index (χ2n) is 12.2. The largest absolute Gasteiger partial charge is 0.276 e. The molecular weight excluding hydrogens is 589 g/mol. The summed E-state index contributed by atoms with van der Waals surface area (Å²) in [6.45, 7) is 0. The Morgan fingerprint density at radius 1 is 0.438 bits per heavy atom. The van der Waals surface area contributed by atoms with Gasteiger partial charge in [-0.15, -0.1) is 0 Å². The predicted octanol–water partition coefficient (Wildman–Crippen LogP) is 10.0. The Balaban J connectivity index is 1.47. The van der Waals surface area contributed by atoms with Gasteiger partial charge in [-0.05, 0) is 35.0 Å². The molecule has 5 nitrogen and oxygen atoms in total. The summed E-state index contributed by atoms with van der Waals surface area (Å²) in [6, 6.07) is 53.4. The fraction of sp³-hybridized carbons (Fsp3) is 0. The monoisotopic (exact) mass is 614 g/mol. The third-order valence-corrected chi connectivity index (χ3v) is 9.52. The van der Waals surface area contributed by atoms with E-state index in [1.54, 1.807) is 0 Å². The van der Waals surface area contributed by atoms with Crippen LogP contribution in [-0.4, -0.2) is 19.1 Å². The SMILES string of the molecule is O=c1c2c(ccc3c4ccc5ccccc5c4n(-c4nc(-c5ccccc5)c5ccccc5n4)c32)c2ccccc2n1-c1ccccc1. The number of nitrogens with zero attached hydrogens (tertiary/aromatic N) is 4. The summed E-state index contributed by atoms with van der Waals surface area (Å²) < 4.78 is 3.98. The van der Waals surface area contributed by atoms with Crippen molar-refractivity contribution in [2.24, 2.45) is 0 Å². The zero-order valence-electron chi connectivity index (χ0n) is 25.7. The topological polar surface area (TPSA) is 52.7 Å². The quantitative estimate of drug-likeness (QED) is 0.186. The van der Waals surface area contributed by atoms with Crippen LogP contribution in [0, 0.1) is 0 Å². The summed E-state index contributed by atoms with van der Waals surface area (Å²) in [5.41, 5.74) is 6.06. The molecule has 0 spiro atoms. The van der Waals surface area contributed by atoms with Crippen molar-refractivity contribution in [3.05, 3.63) is 168 Å². The number of hydrogen-bond donors (Lipinski definition) is 0. The molecule has 10 aromatic rings. The van der Waals surface area contributed by atoms with Gasteiger partial charge in [-0.2, -0.15) is 0 Å². The molecule has 0 bridgehead atoms. The van der Waals surface area contributed by atoms with Gasteiger partial charge in [-0.1, -0.05) is 133 Å². The first-order chi connectivity index (χ1) is 23.8. The maximum atomic E-state index is 15.1. The van der Waals surface area contributed by atoms with E-state index in [0.29, 0.717) is 11.3 Å². The molecule has 0 aliphatic carbocycles. The van der Waals surface area contributed by atoms with Crippen LogP contribution in [0.5, 0.6) is 0 Å². The van der Waals surface area contributed by atoms with E-state index in [9.17, 15) is 0 Å². The molecule has 0 radical (unpaired) electrons. The first kappa shape index (κ1) is 26.6. The Labute approximate surface area is 274 Å². The van der Waals surface area contributed by atoms with Crippen molar-refractivity contribution in [3.8, 4) is 22.9 Å². The maximum Gasteiger partial charge on any atom is 0.265 e. The van der Waals surface area contributed by atoms with Gasteiger partial charge in [-0.25, -0.2) is 9.97 Å². The van der Waals surface area contributed by atoms with Crippen LogP contribution in [0.1, 0.15) is 0 Å². The molecule has 0 N–H and O–H groups in total. The molecule has 224 valence electrons. The fourth-order valence-electron chi connectivity index (χ4n) is 7.44. The molecule has 7 aromatic carbocycles. The van der Waals surface area contributed by atoms with E-state index in [-0.39, 0.29) is 5.56 Å². The number of fused-ring (bicyclic) bond motifs is 10. The maximum absolute atomic E-state index is 15.1. The third kappa shape index (κ3) is 3.76. The highest BCUT2D eigenvalue weighted by molar-refractivity contribution is 6.26. The summed E-state index contributed by atoms with van der Waals surface area (Å²) in [5.74, 6) is 0.523. The van der Waals surface area contributed by atoms with Crippen molar-refractivity contribution in [1.29, 1.82) is 0 Å². The summed E-state index contributed by atoms with van der Waals surface area (Å²) >= 11 is 0. The number of aromatic nitrogens is 4. The van der Waals surface area contributed by atoms with Crippen molar-refractivity contribution < 1.29 is 0 Å². The van der Waals surface area contributed by atoms with Gasteiger partial charge in [0.1, 0.15) is 0 Å². The van der Waals surface area contributed by atoms with Crippen LogP contribution in [0.4, 0.5) is 0 Å². The first-order valence-corrected chi connectivity index (χ1v) is 16.1. The predicted molar refractivity (Wildman–Crippen MR) is 197 cm³/mol. The normalized spacial score (nSPS) is 11.8. The van der Waals surface area contributed by atoms with Crippen molar-refractivity contribution in [3.63, 3.8) is 0 Å². The molecular formula is C43H26N4O. The molecule has 0 unspecified atom stereocenters. The van der Waals surface area contributed by atoms with E-state index in [2.05, 4.69) is 77.4 Å². The number of pyridine rings is 1. The smallest absolute Gasteiger partial charge is 0.265 e. The van der Waals surface area contributed by atoms with Crippen molar-refractivity contribution in [2.45, 2.75) is 0 Å². The van der Waals surface area contributed by atoms with Gasteiger partial charge >= 0.3 is 0 Å². The van der Waals surface area contributed by atoms with Gasteiger partial charge in [0.15, 0.2) is 0 Å². The van der Waals surface area contributed by atoms with Crippen LogP contribution < -0.4 is 5.56 Å². The van der Waals surface area contributed by atoms with Gasteiger partial charge in [0.2, 0.25) is 5.95 Å². The Morgan fingerprint density at radius 2 is 1.06 bits per heavy atom. The minimum absolute atomic E-state index is 0.0852. The van der Waals surface area contributed by atoms with Crippen LogP contribution in [0.25, 0.3) is 88.0 Å². The summed E-state index contributed by atoms with van der Waals surface area (Å²) in [7, 11) is 0. The lowest BCUT2D eigenvalue weighted by atomic mass is 10.0. The van der Waals surface area contributed by atoms with E-state index < -0.39 is 0 Å². The second kappa shape index (κ2) is 10.2. The van der Waals surface area contributed by atoms with Gasteiger partial charge in [0.25, 0.3) is 5.56 Å². The Bertz CT molecular complexity index is 2960. The van der Waals surface area contributed by atoms with Crippen LogP contribution in [0.2, 0.25) is 0 Å². The molecule has 0 aliphatic heterocycles. The van der Waals surface area contributed by atoms with Crippen molar-refractivity contribution in [1.82, 2.24) is 19.1 Å². The number of benzene rings is 7. The molecule has 3 heterocycles. The third-order valence-electron chi connectivity index (χ3n) is 9.52. The summed E-state index contributed by atoms with van der Waals surface area (Å²) in [4.78, 5) is 25.7. The van der Waals surface area contributed by atoms with Gasteiger partial charge in [0.05, 0.1) is 33.1 Å². The molecule has 0 aliphatic rings. The summed E-state index contributed by atoms with van der Waals surface area (Å²) in [5, 5.41) is 7.71. The van der Waals surface area contributed by atoms with Crippen LogP contribution in [0.15, 0.2) is 163 Å². The van der Waals surface area contributed by atoms with Crippen molar-refractivity contribution in [2.75, 3.05) is 0 Å². The second-order valence-corrected chi connectivity index (χ2v) is 12.2. The number of rotatable bonds is 3. The Kier molecular flexibility index (Phi) is 5.66. The van der Waals surface area contributed by atoms with Crippen LogP contribution in [0.3, 0.4) is 0 Å². The molecule has 5 heteroatoms. The van der Waals surface area contributed by atoms with E-state index in [4.69, 9.17) is 9.97 Å². The van der Waals surface area contributed by atoms with E-state index in [0.717, 1.165) is 76.7 Å². The highest BCUT2D eigenvalue weighted by atomic mass is 16.1. The summed E-state index contributed by atoms with van der Waals surface area (Å²) in [6.07, 6.45) is 0. The molecule has 0 fully saturated rings. The van der Waals surface area contributed by atoms with E-state index >= 15 is 4.79 Å². The van der Waals surface area contributed by atoms with E-state index in [1.165, 1.54) is 0 Å². The Morgan fingerprint density at radius 3 is 1.90 bits per heavy atom. The van der Waals surface area contributed by atoms with Gasteiger partial charge in [-0.3, -0.25) is 13.9 Å². The minimum atomic E-state index is -0.0852. The Hall–Kier alpha value is -6.59. The molecule has 48 heavy (non-hydrogen) atoms. The lowest BCUT2D eigenvalue weighted by molar-refractivity contribution is 1.01. The molecule has 3 aromatic heterocycles. The molecule has 0 atom stereocenters. The lowest BCUT2D eigenvalue weighted by Crippen LogP contribution is -2.20. The number of para-hydroxylation sites is 3. The lowest BCUT2D eigenvalue weighted by Gasteiger charge is -2.16. The standard InChI is InChI=1S/C43H26N4O/c48-42-38-32(31-19-10-12-22-37(31)46(42)29-16-5-2-6-17-29)25-26-34-33-24-23-27-13-7-8-18-30(27)40(33)47(41(34)38)43-44-36-21-11-9-20-35(36)39(45-43)28-14-3-1-4-15-28/h1-26H. The van der Waals surface area contributed by atoms with Gasteiger partial charge < -0.3 is 0 Å². The molecule has 0 saturated heterocycles. The van der Waals surface area contributed by atoms with Crippen LogP contribution in [-0.2, 0) is 0 Å². The minimum Gasteiger partial charge on any atom is -0.276 e. The highest BCUT2D eigenvalue weighted by Crippen LogP contribution is 2.40.